The molecular weight excluding hydrogens is 368 g/mol. The lowest BCUT2D eigenvalue weighted by Crippen LogP contribution is -2.36. The van der Waals surface area contributed by atoms with Crippen LogP contribution in [-0.2, 0) is 12.7 Å². The molecule has 1 aliphatic rings. The molecule has 1 N–H and O–H groups in total. The number of rotatable bonds is 4. The van der Waals surface area contributed by atoms with Gasteiger partial charge < -0.3 is 5.32 Å². The number of likely N-dealkylation sites (N-methyl/N-ethyl adjacent to an activating group) is 1. The van der Waals surface area contributed by atoms with Gasteiger partial charge in [0.2, 0.25) is 0 Å². The number of hydrogen-bond acceptors (Lipinski definition) is 2. The summed E-state index contributed by atoms with van der Waals surface area (Å²) in [5.74, 6) is -1.03. The molecule has 0 saturated carbocycles. The fraction of sp³-hybridized carbons (Fsp3) is 0.368. The third-order valence-corrected chi connectivity index (χ3v) is 5.03. The van der Waals surface area contributed by atoms with E-state index in [9.17, 15) is 17.6 Å². The highest BCUT2D eigenvalue weighted by Gasteiger charge is 2.34. The van der Waals surface area contributed by atoms with Gasteiger partial charge in [-0.3, -0.25) is 4.90 Å². The standard InChI is InChI=1S/C19H19ClF4N2/c1-26(11-12-5-6-16(17(21)7-12)19(22,23)24)18-10-25-9-15(18)13-3-2-4-14(20)8-13/h2-8,15,18,25H,9-11H2,1H3. The van der Waals surface area contributed by atoms with Crippen LogP contribution in [0, 0.1) is 5.82 Å². The molecule has 0 spiro atoms. The molecule has 26 heavy (non-hydrogen) atoms. The Hall–Kier alpha value is -1.63. The summed E-state index contributed by atoms with van der Waals surface area (Å²) in [5.41, 5.74) is 0.385. The third-order valence-electron chi connectivity index (χ3n) is 4.80. The molecule has 3 rings (SSSR count). The first kappa shape index (κ1) is 19.1. The Morgan fingerprint density at radius 1 is 1.15 bits per heavy atom. The molecule has 0 bridgehead atoms. The van der Waals surface area contributed by atoms with Crippen LogP contribution in [-0.4, -0.2) is 31.1 Å². The first-order chi connectivity index (χ1) is 12.3. The summed E-state index contributed by atoms with van der Waals surface area (Å²) in [4.78, 5) is 2.04. The van der Waals surface area contributed by atoms with E-state index in [0.717, 1.165) is 30.8 Å². The van der Waals surface area contributed by atoms with Crippen LogP contribution in [0.1, 0.15) is 22.6 Å². The smallest absolute Gasteiger partial charge is 0.314 e. The van der Waals surface area contributed by atoms with Crippen molar-refractivity contribution >= 4 is 11.6 Å². The molecule has 2 aromatic carbocycles. The average Bonchev–Trinajstić information content (AvgIpc) is 3.03. The van der Waals surface area contributed by atoms with Crippen molar-refractivity contribution < 1.29 is 17.6 Å². The molecule has 0 radical (unpaired) electrons. The number of nitrogens with zero attached hydrogens (tertiary/aromatic N) is 1. The summed E-state index contributed by atoms with van der Waals surface area (Å²) in [5, 5.41) is 4.01. The number of halogens is 5. The maximum atomic E-state index is 13.8. The number of hydrogen-bond donors (Lipinski definition) is 1. The molecule has 0 aliphatic carbocycles. The molecule has 1 fully saturated rings. The fourth-order valence-electron chi connectivity index (χ4n) is 3.50. The summed E-state index contributed by atoms with van der Waals surface area (Å²) < 4.78 is 51.9. The van der Waals surface area contributed by atoms with E-state index in [1.54, 1.807) is 0 Å². The molecule has 0 amide bonds. The van der Waals surface area contributed by atoms with Crippen molar-refractivity contribution in [3.05, 3.63) is 70.0 Å². The quantitative estimate of drug-likeness (QED) is 0.767. The maximum Gasteiger partial charge on any atom is 0.419 e. The minimum Gasteiger partial charge on any atom is -0.314 e. The minimum atomic E-state index is -4.68. The van der Waals surface area contributed by atoms with Crippen LogP contribution in [0.25, 0.3) is 0 Å². The van der Waals surface area contributed by atoms with Crippen LogP contribution in [0.4, 0.5) is 17.6 Å². The third kappa shape index (κ3) is 4.19. The molecule has 1 heterocycles. The minimum absolute atomic E-state index is 0.138. The van der Waals surface area contributed by atoms with Crippen LogP contribution >= 0.6 is 11.6 Å². The van der Waals surface area contributed by atoms with Crippen molar-refractivity contribution in [2.75, 3.05) is 20.1 Å². The lowest BCUT2D eigenvalue weighted by molar-refractivity contribution is -0.140. The van der Waals surface area contributed by atoms with Gasteiger partial charge in [0.1, 0.15) is 5.82 Å². The van der Waals surface area contributed by atoms with E-state index in [2.05, 4.69) is 5.32 Å². The summed E-state index contributed by atoms with van der Waals surface area (Å²) in [6.45, 7) is 1.89. The zero-order chi connectivity index (χ0) is 18.9. The lowest BCUT2D eigenvalue weighted by Gasteiger charge is -2.29. The van der Waals surface area contributed by atoms with Crippen LogP contribution in [0.3, 0.4) is 0 Å². The SMILES string of the molecule is CN(Cc1ccc(C(F)(F)F)c(F)c1)C1CNCC1c1cccc(Cl)c1. The maximum absolute atomic E-state index is 13.8. The second kappa shape index (κ2) is 7.55. The van der Waals surface area contributed by atoms with Gasteiger partial charge in [0.05, 0.1) is 5.56 Å². The predicted molar refractivity (Wildman–Crippen MR) is 93.7 cm³/mol. The largest absolute Gasteiger partial charge is 0.419 e. The Morgan fingerprint density at radius 2 is 1.92 bits per heavy atom. The predicted octanol–water partition coefficient (Wildman–Crippen LogP) is 4.69. The summed E-state index contributed by atoms with van der Waals surface area (Å²) >= 11 is 6.08. The monoisotopic (exact) mass is 386 g/mol. The zero-order valence-electron chi connectivity index (χ0n) is 14.2. The van der Waals surface area contributed by atoms with Gasteiger partial charge in [-0.25, -0.2) is 4.39 Å². The molecule has 2 aromatic rings. The second-order valence-corrected chi connectivity index (χ2v) is 7.05. The van der Waals surface area contributed by atoms with Gasteiger partial charge in [0, 0.05) is 36.6 Å². The fourth-order valence-corrected chi connectivity index (χ4v) is 3.70. The van der Waals surface area contributed by atoms with Crippen LogP contribution in [0.5, 0.6) is 0 Å². The summed E-state index contributed by atoms with van der Waals surface area (Å²) in [7, 11) is 1.89. The van der Waals surface area contributed by atoms with Gasteiger partial charge in [0.15, 0.2) is 0 Å². The van der Waals surface area contributed by atoms with Crippen molar-refractivity contribution in [2.45, 2.75) is 24.7 Å². The molecule has 1 saturated heterocycles. The highest BCUT2D eigenvalue weighted by molar-refractivity contribution is 6.30. The molecule has 1 aliphatic heterocycles. The normalized spacial score (nSPS) is 20.7. The van der Waals surface area contributed by atoms with E-state index in [0.29, 0.717) is 17.1 Å². The Bertz CT molecular complexity index is 778. The molecule has 2 nitrogen and oxygen atoms in total. The highest BCUT2D eigenvalue weighted by Crippen LogP contribution is 2.32. The molecule has 7 heteroatoms. The van der Waals surface area contributed by atoms with Crippen molar-refractivity contribution in [3.63, 3.8) is 0 Å². The number of benzene rings is 2. The first-order valence-electron chi connectivity index (χ1n) is 8.28. The van der Waals surface area contributed by atoms with Gasteiger partial charge in [0.25, 0.3) is 0 Å². The van der Waals surface area contributed by atoms with Crippen molar-refractivity contribution in [3.8, 4) is 0 Å². The van der Waals surface area contributed by atoms with Gasteiger partial charge in [-0.2, -0.15) is 13.2 Å². The second-order valence-electron chi connectivity index (χ2n) is 6.61. The first-order valence-corrected chi connectivity index (χ1v) is 8.65. The Kier molecular flexibility index (Phi) is 5.55. The zero-order valence-corrected chi connectivity index (χ0v) is 14.9. The average molecular weight is 387 g/mol. The van der Waals surface area contributed by atoms with E-state index in [4.69, 9.17) is 11.6 Å². The molecule has 140 valence electrons. The summed E-state index contributed by atoms with van der Waals surface area (Å²) in [6, 6.07) is 10.9. The Labute approximate surface area is 154 Å². The Balaban J connectivity index is 1.75. The molecule has 2 unspecified atom stereocenters. The van der Waals surface area contributed by atoms with Crippen LogP contribution < -0.4 is 5.32 Å². The highest BCUT2D eigenvalue weighted by atomic mass is 35.5. The molecule has 0 aromatic heterocycles. The van der Waals surface area contributed by atoms with Gasteiger partial charge in [-0.15, -0.1) is 0 Å². The lowest BCUT2D eigenvalue weighted by atomic mass is 9.93. The number of alkyl halides is 3. The van der Waals surface area contributed by atoms with Crippen molar-refractivity contribution in [1.82, 2.24) is 10.2 Å². The topological polar surface area (TPSA) is 15.3 Å². The van der Waals surface area contributed by atoms with Crippen molar-refractivity contribution in [2.24, 2.45) is 0 Å². The van der Waals surface area contributed by atoms with E-state index in [1.165, 1.54) is 6.07 Å². The van der Waals surface area contributed by atoms with Gasteiger partial charge in [-0.1, -0.05) is 29.8 Å². The van der Waals surface area contributed by atoms with E-state index < -0.39 is 17.6 Å². The van der Waals surface area contributed by atoms with Gasteiger partial charge in [-0.05, 0) is 42.4 Å². The molecule has 2 atom stereocenters. The van der Waals surface area contributed by atoms with Crippen LogP contribution in [0.2, 0.25) is 5.02 Å². The van der Waals surface area contributed by atoms with Gasteiger partial charge >= 0.3 is 6.18 Å². The van der Waals surface area contributed by atoms with Crippen LogP contribution in [0.15, 0.2) is 42.5 Å². The number of nitrogens with one attached hydrogen (secondary N) is 1. The Morgan fingerprint density at radius 3 is 2.58 bits per heavy atom. The van der Waals surface area contributed by atoms with Crippen molar-refractivity contribution in [1.29, 1.82) is 0 Å². The molecular formula is C19H19ClF4N2. The van der Waals surface area contributed by atoms with E-state index in [1.807, 2.05) is 36.2 Å². The summed E-state index contributed by atoms with van der Waals surface area (Å²) in [6.07, 6.45) is -4.68. The van der Waals surface area contributed by atoms with E-state index >= 15 is 0 Å². The van der Waals surface area contributed by atoms with E-state index in [-0.39, 0.29) is 12.0 Å².